The molecule has 0 heterocycles. The third-order valence-electron chi connectivity index (χ3n) is 2.07. The molecule has 0 bridgehead atoms. The minimum atomic E-state index is -4.39. The van der Waals surface area contributed by atoms with Crippen LogP contribution in [0.5, 0.6) is 0 Å². The summed E-state index contributed by atoms with van der Waals surface area (Å²) in [6, 6.07) is 4.61. The molecule has 0 aliphatic rings. The Labute approximate surface area is 97.8 Å². The molecule has 94 valence electrons. The Morgan fingerprint density at radius 2 is 2.00 bits per heavy atom. The van der Waals surface area contributed by atoms with Crippen LogP contribution in [0.3, 0.4) is 0 Å². The summed E-state index contributed by atoms with van der Waals surface area (Å²) >= 11 is 0. The van der Waals surface area contributed by atoms with Gasteiger partial charge in [0.2, 0.25) is 5.91 Å². The monoisotopic (exact) mass is 245 g/mol. The number of nitrogens with one attached hydrogen (secondary N) is 1. The molecule has 0 saturated heterocycles. The number of benzene rings is 1. The van der Waals surface area contributed by atoms with Crippen molar-refractivity contribution in [3.05, 3.63) is 29.8 Å². The largest absolute Gasteiger partial charge is 0.416 e. The second-order valence-electron chi connectivity index (χ2n) is 4.22. The van der Waals surface area contributed by atoms with Gasteiger partial charge >= 0.3 is 6.18 Å². The lowest BCUT2D eigenvalue weighted by molar-refractivity contribution is -0.137. The molecule has 0 spiro atoms. The van der Waals surface area contributed by atoms with Gasteiger partial charge in [0.25, 0.3) is 0 Å². The Balaban J connectivity index is 2.76. The molecule has 1 N–H and O–H groups in total. The summed E-state index contributed by atoms with van der Waals surface area (Å²) in [4.78, 5) is 11.4. The van der Waals surface area contributed by atoms with Gasteiger partial charge in [0.15, 0.2) is 0 Å². The van der Waals surface area contributed by atoms with Crippen LogP contribution in [-0.4, -0.2) is 5.91 Å². The van der Waals surface area contributed by atoms with E-state index in [0.717, 1.165) is 12.1 Å². The molecule has 1 amide bonds. The molecular weight excluding hydrogens is 231 g/mol. The molecule has 0 saturated carbocycles. The van der Waals surface area contributed by atoms with E-state index in [2.05, 4.69) is 5.32 Å². The van der Waals surface area contributed by atoms with E-state index in [9.17, 15) is 18.0 Å². The zero-order valence-corrected chi connectivity index (χ0v) is 9.64. The van der Waals surface area contributed by atoms with Gasteiger partial charge in [-0.15, -0.1) is 0 Å². The number of alkyl halides is 3. The van der Waals surface area contributed by atoms with E-state index in [4.69, 9.17) is 0 Å². The van der Waals surface area contributed by atoms with Gasteiger partial charge in [-0.2, -0.15) is 13.2 Å². The van der Waals surface area contributed by atoms with Crippen LogP contribution < -0.4 is 5.32 Å². The Morgan fingerprint density at radius 1 is 1.35 bits per heavy atom. The van der Waals surface area contributed by atoms with E-state index in [-0.39, 0.29) is 23.9 Å². The summed E-state index contributed by atoms with van der Waals surface area (Å²) in [5, 5.41) is 2.45. The molecule has 0 radical (unpaired) electrons. The van der Waals surface area contributed by atoms with Crippen molar-refractivity contribution in [2.75, 3.05) is 5.32 Å². The van der Waals surface area contributed by atoms with Crippen molar-refractivity contribution in [1.82, 2.24) is 0 Å². The van der Waals surface area contributed by atoms with Crippen molar-refractivity contribution in [2.45, 2.75) is 26.4 Å². The number of carbonyl (C=O) groups is 1. The fourth-order valence-electron chi connectivity index (χ4n) is 1.36. The fraction of sp³-hybridized carbons (Fsp3) is 0.417. The third-order valence-corrected chi connectivity index (χ3v) is 2.07. The van der Waals surface area contributed by atoms with Crippen molar-refractivity contribution >= 4 is 11.6 Å². The molecule has 0 aromatic heterocycles. The van der Waals surface area contributed by atoms with Gasteiger partial charge < -0.3 is 5.32 Å². The lowest BCUT2D eigenvalue weighted by atomic mass is 10.1. The summed E-state index contributed by atoms with van der Waals surface area (Å²) < 4.78 is 37.2. The maximum atomic E-state index is 12.4. The minimum Gasteiger partial charge on any atom is -0.326 e. The van der Waals surface area contributed by atoms with Crippen LogP contribution in [0.1, 0.15) is 25.8 Å². The van der Waals surface area contributed by atoms with Crippen molar-refractivity contribution in [1.29, 1.82) is 0 Å². The number of hydrogen-bond acceptors (Lipinski definition) is 1. The summed E-state index contributed by atoms with van der Waals surface area (Å²) in [6.07, 6.45) is -4.10. The standard InChI is InChI=1S/C12H14F3NO/c1-8(2)6-11(17)16-10-5-3-4-9(7-10)12(13,14)15/h3-5,7-8H,6H2,1-2H3,(H,16,17). The molecule has 1 rings (SSSR count). The Bertz CT molecular complexity index is 399. The number of carbonyl (C=O) groups excluding carboxylic acids is 1. The van der Waals surface area contributed by atoms with Gasteiger partial charge in [-0.1, -0.05) is 19.9 Å². The van der Waals surface area contributed by atoms with Gasteiger partial charge in [-0.3, -0.25) is 4.79 Å². The smallest absolute Gasteiger partial charge is 0.326 e. The Hall–Kier alpha value is -1.52. The highest BCUT2D eigenvalue weighted by Crippen LogP contribution is 2.30. The van der Waals surface area contributed by atoms with Gasteiger partial charge in [-0.25, -0.2) is 0 Å². The average molecular weight is 245 g/mol. The van der Waals surface area contributed by atoms with Gasteiger partial charge in [0, 0.05) is 12.1 Å². The predicted molar refractivity (Wildman–Crippen MR) is 59.5 cm³/mol. The molecule has 17 heavy (non-hydrogen) atoms. The number of rotatable bonds is 3. The normalized spacial score (nSPS) is 11.6. The van der Waals surface area contributed by atoms with Crippen LogP contribution in [0.2, 0.25) is 0 Å². The van der Waals surface area contributed by atoms with Gasteiger partial charge in [0.05, 0.1) is 5.56 Å². The second kappa shape index (κ2) is 5.21. The van der Waals surface area contributed by atoms with E-state index in [1.54, 1.807) is 0 Å². The van der Waals surface area contributed by atoms with E-state index in [1.807, 2.05) is 13.8 Å². The molecule has 2 nitrogen and oxygen atoms in total. The minimum absolute atomic E-state index is 0.167. The molecular formula is C12H14F3NO. The zero-order chi connectivity index (χ0) is 13.1. The summed E-state index contributed by atoms with van der Waals surface area (Å²) in [5.74, 6) is -0.111. The van der Waals surface area contributed by atoms with E-state index >= 15 is 0 Å². The van der Waals surface area contributed by atoms with Crippen LogP contribution in [0.15, 0.2) is 24.3 Å². The SMILES string of the molecule is CC(C)CC(=O)Nc1cccc(C(F)(F)F)c1. The summed E-state index contributed by atoms with van der Waals surface area (Å²) in [6.45, 7) is 3.73. The molecule has 1 aromatic carbocycles. The number of halogens is 3. The van der Waals surface area contributed by atoms with Crippen LogP contribution in [-0.2, 0) is 11.0 Å². The van der Waals surface area contributed by atoms with Crippen LogP contribution >= 0.6 is 0 Å². The number of hydrogen-bond donors (Lipinski definition) is 1. The molecule has 0 aliphatic heterocycles. The van der Waals surface area contributed by atoms with Crippen LogP contribution in [0.4, 0.5) is 18.9 Å². The maximum absolute atomic E-state index is 12.4. The van der Waals surface area contributed by atoms with E-state index in [0.29, 0.717) is 0 Å². The van der Waals surface area contributed by atoms with Crippen molar-refractivity contribution in [3.63, 3.8) is 0 Å². The Morgan fingerprint density at radius 3 is 2.53 bits per heavy atom. The van der Waals surface area contributed by atoms with E-state index in [1.165, 1.54) is 12.1 Å². The van der Waals surface area contributed by atoms with Crippen LogP contribution in [0.25, 0.3) is 0 Å². The highest BCUT2D eigenvalue weighted by Gasteiger charge is 2.30. The molecule has 0 unspecified atom stereocenters. The van der Waals surface area contributed by atoms with Gasteiger partial charge in [0.1, 0.15) is 0 Å². The van der Waals surface area contributed by atoms with Gasteiger partial charge in [-0.05, 0) is 24.1 Å². The first-order valence-electron chi connectivity index (χ1n) is 5.26. The first kappa shape index (κ1) is 13.5. The lowest BCUT2D eigenvalue weighted by Gasteiger charge is -2.10. The average Bonchev–Trinajstić information content (AvgIpc) is 2.15. The quantitative estimate of drug-likeness (QED) is 0.864. The van der Waals surface area contributed by atoms with Crippen LogP contribution in [0, 0.1) is 5.92 Å². The van der Waals surface area contributed by atoms with Crippen molar-refractivity contribution in [2.24, 2.45) is 5.92 Å². The molecule has 1 aromatic rings. The second-order valence-corrected chi connectivity index (χ2v) is 4.22. The number of anilines is 1. The Kier molecular flexibility index (Phi) is 4.15. The highest BCUT2D eigenvalue weighted by molar-refractivity contribution is 5.90. The highest BCUT2D eigenvalue weighted by atomic mass is 19.4. The van der Waals surface area contributed by atoms with Crippen molar-refractivity contribution in [3.8, 4) is 0 Å². The molecule has 0 atom stereocenters. The molecule has 5 heteroatoms. The first-order chi connectivity index (χ1) is 7.79. The summed E-state index contributed by atoms with van der Waals surface area (Å²) in [5.41, 5.74) is -0.592. The first-order valence-corrected chi connectivity index (χ1v) is 5.26. The number of amides is 1. The molecule has 0 fully saturated rings. The molecule has 0 aliphatic carbocycles. The maximum Gasteiger partial charge on any atom is 0.416 e. The summed E-state index contributed by atoms with van der Waals surface area (Å²) in [7, 11) is 0. The fourth-order valence-corrected chi connectivity index (χ4v) is 1.36. The zero-order valence-electron chi connectivity index (χ0n) is 9.64. The topological polar surface area (TPSA) is 29.1 Å². The van der Waals surface area contributed by atoms with E-state index < -0.39 is 11.7 Å². The predicted octanol–water partition coefficient (Wildman–Crippen LogP) is 3.69. The third kappa shape index (κ3) is 4.46. The van der Waals surface area contributed by atoms with Crippen molar-refractivity contribution < 1.29 is 18.0 Å². The lowest BCUT2D eigenvalue weighted by Crippen LogP contribution is -2.14.